The number of amides is 2. The van der Waals surface area contributed by atoms with Crippen LogP contribution in [0.15, 0.2) is 18.2 Å². The predicted molar refractivity (Wildman–Crippen MR) is 101 cm³/mol. The van der Waals surface area contributed by atoms with Crippen molar-refractivity contribution in [1.29, 1.82) is 0 Å². The second-order valence-corrected chi connectivity index (χ2v) is 7.87. The minimum absolute atomic E-state index is 0.133. The third kappa shape index (κ3) is 3.61. The molecular weight excluding hydrogens is 351 g/mol. The maximum atomic E-state index is 12.3. The summed E-state index contributed by atoms with van der Waals surface area (Å²) in [5.74, 6) is 0.410. The van der Waals surface area contributed by atoms with Gasteiger partial charge in [0.2, 0.25) is 5.91 Å². The quantitative estimate of drug-likeness (QED) is 0.771. The second-order valence-electron chi connectivity index (χ2n) is 7.87. The molecule has 146 valence electrons. The van der Waals surface area contributed by atoms with Crippen molar-refractivity contribution in [2.45, 2.75) is 51.4 Å². The molecular formula is C18H25BN2O6. The molecule has 0 aliphatic carbocycles. The lowest BCUT2D eigenvalue weighted by Gasteiger charge is -2.32. The summed E-state index contributed by atoms with van der Waals surface area (Å²) < 4.78 is 17.7. The smallest absolute Gasteiger partial charge is 0.497 e. The molecule has 1 aromatic rings. The van der Waals surface area contributed by atoms with Crippen LogP contribution in [0.4, 0.5) is 10.5 Å². The Labute approximate surface area is 158 Å². The van der Waals surface area contributed by atoms with Crippen molar-refractivity contribution in [3.05, 3.63) is 18.2 Å². The van der Waals surface area contributed by atoms with E-state index in [9.17, 15) is 9.59 Å². The molecule has 8 nitrogen and oxygen atoms in total. The molecule has 2 amide bonds. The van der Waals surface area contributed by atoms with E-state index in [1.165, 1.54) is 0 Å². The summed E-state index contributed by atoms with van der Waals surface area (Å²) >= 11 is 0. The van der Waals surface area contributed by atoms with Crippen molar-refractivity contribution in [3.8, 4) is 5.75 Å². The van der Waals surface area contributed by atoms with Gasteiger partial charge in [-0.05, 0) is 33.8 Å². The zero-order chi connectivity index (χ0) is 20.0. The topological polar surface area (TPSA) is 97.3 Å². The van der Waals surface area contributed by atoms with Crippen LogP contribution < -0.4 is 20.4 Å². The van der Waals surface area contributed by atoms with Gasteiger partial charge in [0.05, 0.1) is 24.4 Å². The van der Waals surface area contributed by atoms with Crippen LogP contribution in [0, 0.1) is 0 Å². The second kappa shape index (κ2) is 6.72. The molecule has 2 heterocycles. The number of nitrogens with zero attached hydrogens (tertiary/aromatic N) is 1. The van der Waals surface area contributed by atoms with Crippen LogP contribution in [0.25, 0.3) is 0 Å². The first-order chi connectivity index (χ1) is 12.5. The lowest BCUT2D eigenvalue weighted by molar-refractivity contribution is -0.117. The van der Waals surface area contributed by atoms with Gasteiger partial charge in [0.15, 0.2) is 0 Å². The summed E-state index contributed by atoms with van der Waals surface area (Å²) in [6.07, 6.45) is -1.00. The van der Waals surface area contributed by atoms with Crippen LogP contribution in [0.1, 0.15) is 34.1 Å². The third-order valence-electron chi connectivity index (χ3n) is 5.49. The highest BCUT2D eigenvalue weighted by atomic mass is 16.7. The summed E-state index contributed by atoms with van der Waals surface area (Å²) in [6.45, 7) is 8.20. The third-order valence-corrected chi connectivity index (χ3v) is 5.49. The largest absolute Gasteiger partial charge is 0.498 e. The maximum Gasteiger partial charge on any atom is 0.498 e. The molecule has 2 fully saturated rings. The van der Waals surface area contributed by atoms with Gasteiger partial charge in [-0.25, -0.2) is 4.79 Å². The van der Waals surface area contributed by atoms with E-state index in [4.69, 9.17) is 19.2 Å². The number of anilines is 1. The monoisotopic (exact) mass is 376 g/mol. The number of hydrogen-bond acceptors (Lipinski definition) is 5. The molecule has 0 spiro atoms. The Kier molecular flexibility index (Phi) is 4.86. The lowest BCUT2D eigenvalue weighted by atomic mass is 9.78. The fourth-order valence-electron chi connectivity index (χ4n) is 3.26. The molecule has 2 aliphatic rings. The van der Waals surface area contributed by atoms with Gasteiger partial charge in [0.25, 0.3) is 0 Å². The van der Waals surface area contributed by atoms with Gasteiger partial charge in [0, 0.05) is 30.2 Å². The molecule has 1 atom stereocenters. The number of carboxylic acid groups (broad SMARTS) is 1. The van der Waals surface area contributed by atoms with E-state index in [1.54, 1.807) is 24.1 Å². The zero-order valence-corrected chi connectivity index (χ0v) is 16.2. The summed E-state index contributed by atoms with van der Waals surface area (Å²) in [6, 6.07) is 4.94. The van der Waals surface area contributed by atoms with Gasteiger partial charge in [-0.1, -0.05) is 6.07 Å². The molecule has 9 heteroatoms. The van der Waals surface area contributed by atoms with Crippen molar-refractivity contribution < 1.29 is 28.7 Å². The highest BCUT2D eigenvalue weighted by Gasteiger charge is 2.52. The van der Waals surface area contributed by atoms with Crippen LogP contribution in [0.3, 0.4) is 0 Å². The van der Waals surface area contributed by atoms with Crippen molar-refractivity contribution in [2.24, 2.45) is 0 Å². The minimum Gasteiger partial charge on any atom is -0.497 e. The fourth-order valence-corrected chi connectivity index (χ4v) is 3.26. The van der Waals surface area contributed by atoms with Crippen LogP contribution in [0.2, 0.25) is 0 Å². The number of benzene rings is 1. The Morgan fingerprint density at radius 1 is 1.30 bits per heavy atom. The van der Waals surface area contributed by atoms with Crippen molar-refractivity contribution in [3.63, 3.8) is 0 Å². The molecule has 27 heavy (non-hydrogen) atoms. The normalized spacial score (nSPS) is 23.6. The van der Waals surface area contributed by atoms with Gasteiger partial charge < -0.3 is 29.4 Å². The van der Waals surface area contributed by atoms with E-state index in [0.717, 1.165) is 5.46 Å². The summed E-state index contributed by atoms with van der Waals surface area (Å²) in [5.41, 5.74) is 0.447. The summed E-state index contributed by atoms with van der Waals surface area (Å²) in [4.78, 5) is 24.6. The fraction of sp³-hybridized carbons (Fsp3) is 0.556. The molecule has 0 aromatic heterocycles. The molecule has 3 rings (SSSR count). The molecule has 2 saturated heterocycles. The van der Waals surface area contributed by atoms with Gasteiger partial charge in [-0.3, -0.25) is 4.79 Å². The number of nitrogens with one attached hydrogen (secondary N) is 1. The molecule has 0 bridgehead atoms. The molecule has 2 aliphatic heterocycles. The molecule has 0 unspecified atom stereocenters. The van der Waals surface area contributed by atoms with Gasteiger partial charge in [-0.15, -0.1) is 0 Å². The lowest BCUT2D eigenvalue weighted by Crippen LogP contribution is -2.41. The Morgan fingerprint density at radius 3 is 2.48 bits per heavy atom. The van der Waals surface area contributed by atoms with Gasteiger partial charge in [0.1, 0.15) is 5.75 Å². The maximum absolute atomic E-state index is 12.3. The van der Waals surface area contributed by atoms with E-state index >= 15 is 0 Å². The SMILES string of the molecule is COc1cc(N2C[C@@H](NC(=O)O)CC2=O)ccc1B1OC(C)(C)C(C)(C)O1. The molecule has 1 aromatic carbocycles. The summed E-state index contributed by atoms with van der Waals surface area (Å²) in [7, 11) is 0.976. The zero-order valence-electron chi connectivity index (χ0n) is 16.2. The van der Waals surface area contributed by atoms with Crippen molar-refractivity contribution in [1.82, 2.24) is 5.32 Å². The van der Waals surface area contributed by atoms with Crippen LogP contribution in [-0.2, 0) is 14.1 Å². The van der Waals surface area contributed by atoms with E-state index in [-0.39, 0.29) is 18.9 Å². The van der Waals surface area contributed by atoms with Crippen LogP contribution in [-0.4, -0.2) is 55.1 Å². The number of ether oxygens (including phenoxy) is 1. The van der Waals surface area contributed by atoms with E-state index in [1.807, 2.05) is 33.8 Å². The number of rotatable bonds is 4. The van der Waals surface area contributed by atoms with Crippen molar-refractivity contribution in [2.75, 3.05) is 18.6 Å². The average Bonchev–Trinajstić information content (AvgIpc) is 3.02. The Balaban J connectivity index is 1.84. The first kappa shape index (κ1) is 19.5. The molecule has 2 N–H and O–H groups in total. The van der Waals surface area contributed by atoms with E-state index in [2.05, 4.69) is 5.32 Å². The predicted octanol–water partition coefficient (Wildman–Crippen LogP) is 1.37. The van der Waals surface area contributed by atoms with E-state index < -0.39 is 30.5 Å². The average molecular weight is 376 g/mol. The van der Waals surface area contributed by atoms with Gasteiger partial charge in [-0.2, -0.15) is 0 Å². The Morgan fingerprint density at radius 2 is 1.93 bits per heavy atom. The molecule has 0 saturated carbocycles. The number of carbonyl (C=O) groups excluding carboxylic acids is 1. The highest BCUT2D eigenvalue weighted by Crippen LogP contribution is 2.37. The standard InChI is InChI=1S/C18H25BN2O6/c1-17(2)18(3,4)27-19(26-17)13-7-6-12(9-14(13)25-5)21-10-11(8-15(21)22)20-16(23)24/h6-7,9,11,20H,8,10H2,1-5H3,(H,23,24)/t11-/m0/s1. The Hall–Kier alpha value is -2.26. The van der Waals surface area contributed by atoms with Crippen LogP contribution in [0.5, 0.6) is 5.75 Å². The highest BCUT2D eigenvalue weighted by molar-refractivity contribution is 6.63. The number of hydrogen-bond donors (Lipinski definition) is 2. The van der Waals surface area contributed by atoms with Crippen molar-refractivity contribution >= 4 is 30.3 Å². The van der Waals surface area contributed by atoms with Gasteiger partial charge >= 0.3 is 13.2 Å². The molecule has 0 radical (unpaired) electrons. The minimum atomic E-state index is -1.14. The first-order valence-electron chi connectivity index (χ1n) is 8.87. The van der Waals surface area contributed by atoms with Crippen LogP contribution >= 0.6 is 0 Å². The first-order valence-corrected chi connectivity index (χ1v) is 8.87. The Bertz CT molecular complexity index is 750. The summed E-state index contributed by atoms with van der Waals surface area (Å²) in [5, 5.41) is 11.2. The number of carbonyl (C=O) groups is 2. The van der Waals surface area contributed by atoms with E-state index in [0.29, 0.717) is 11.4 Å². The number of methoxy groups -OCH3 is 1.